The summed E-state index contributed by atoms with van der Waals surface area (Å²) in [5.74, 6) is -0.402. The molecule has 1 fully saturated rings. The zero-order valence-corrected chi connectivity index (χ0v) is 19.4. The van der Waals surface area contributed by atoms with E-state index >= 15 is 0 Å². The molecule has 0 N–H and O–H groups in total. The number of anilines is 1. The number of amides is 1. The molecule has 32 heavy (non-hydrogen) atoms. The van der Waals surface area contributed by atoms with Crippen molar-refractivity contribution in [1.29, 1.82) is 0 Å². The van der Waals surface area contributed by atoms with Crippen LogP contribution in [0.15, 0.2) is 30.3 Å². The van der Waals surface area contributed by atoms with Gasteiger partial charge in [0.05, 0.1) is 38.9 Å². The summed E-state index contributed by atoms with van der Waals surface area (Å²) in [7, 11) is 0. The summed E-state index contributed by atoms with van der Waals surface area (Å²) >= 11 is 7.73. The number of hydrogen-bond acceptors (Lipinski definition) is 7. The SMILES string of the molecule is Cc1cc(C)c2sc(N(CCN3CCOCC3)C(=O)c3cc([N+](=O)[O-])ccc3Cl)nc2c1. The second-order valence-corrected chi connectivity index (χ2v) is 9.14. The van der Waals surface area contributed by atoms with E-state index in [1.54, 1.807) is 4.90 Å². The van der Waals surface area contributed by atoms with Crippen LogP contribution in [0.5, 0.6) is 0 Å². The standard InChI is InChI=1S/C22H23ClN4O4S/c1-14-11-15(2)20-19(12-14)24-22(32-20)26(6-5-25-7-9-31-10-8-25)21(28)17-13-16(27(29)30)3-4-18(17)23/h3-4,11-13H,5-10H2,1-2H3. The Labute approximate surface area is 194 Å². The lowest BCUT2D eigenvalue weighted by molar-refractivity contribution is -0.384. The molecule has 1 aliphatic heterocycles. The van der Waals surface area contributed by atoms with E-state index in [4.69, 9.17) is 21.3 Å². The number of aromatic nitrogens is 1. The molecule has 0 aliphatic carbocycles. The monoisotopic (exact) mass is 474 g/mol. The van der Waals surface area contributed by atoms with E-state index in [1.165, 1.54) is 29.5 Å². The summed E-state index contributed by atoms with van der Waals surface area (Å²) in [4.78, 5) is 32.8. The average Bonchev–Trinajstić information content (AvgIpc) is 3.18. The van der Waals surface area contributed by atoms with Gasteiger partial charge in [-0.25, -0.2) is 4.98 Å². The highest BCUT2D eigenvalue weighted by Gasteiger charge is 2.26. The van der Waals surface area contributed by atoms with Gasteiger partial charge < -0.3 is 4.74 Å². The van der Waals surface area contributed by atoms with E-state index in [9.17, 15) is 14.9 Å². The van der Waals surface area contributed by atoms with E-state index in [-0.39, 0.29) is 16.3 Å². The molecule has 1 aromatic heterocycles. The molecule has 0 atom stereocenters. The number of halogens is 1. The number of aryl methyl sites for hydroxylation is 2. The van der Waals surface area contributed by atoms with Crippen LogP contribution in [0.3, 0.4) is 0 Å². The van der Waals surface area contributed by atoms with Crippen LogP contribution in [-0.4, -0.2) is 60.1 Å². The molecule has 1 aliphatic rings. The van der Waals surface area contributed by atoms with Crippen molar-refractivity contribution in [2.24, 2.45) is 0 Å². The van der Waals surface area contributed by atoms with Gasteiger partial charge in [-0.3, -0.25) is 24.7 Å². The number of rotatable bonds is 6. The van der Waals surface area contributed by atoms with Crippen LogP contribution in [0.2, 0.25) is 5.02 Å². The lowest BCUT2D eigenvalue weighted by atomic mass is 10.1. The minimum Gasteiger partial charge on any atom is -0.379 e. The number of thiazole rings is 1. The molecule has 2 aromatic carbocycles. The van der Waals surface area contributed by atoms with Gasteiger partial charge in [0, 0.05) is 38.3 Å². The fourth-order valence-corrected chi connectivity index (χ4v) is 5.01. The van der Waals surface area contributed by atoms with E-state index in [0.29, 0.717) is 31.4 Å². The van der Waals surface area contributed by atoms with Crippen molar-refractivity contribution in [3.8, 4) is 0 Å². The van der Waals surface area contributed by atoms with Gasteiger partial charge in [-0.15, -0.1) is 0 Å². The first-order chi connectivity index (χ1) is 15.3. The number of nitro benzene ring substituents is 1. The quantitative estimate of drug-likeness (QED) is 0.387. The van der Waals surface area contributed by atoms with Gasteiger partial charge in [-0.05, 0) is 37.1 Å². The fourth-order valence-electron chi connectivity index (χ4n) is 3.77. The number of fused-ring (bicyclic) bond motifs is 1. The molecule has 0 unspecified atom stereocenters. The molecule has 0 saturated carbocycles. The Hall–Kier alpha value is -2.59. The van der Waals surface area contributed by atoms with Gasteiger partial charge in [0.1, 0.15) is 0 Å². The zero-order chi connectivity index (χ0) is 22.8. The van der Waals surface area contributed by atoms with Crippen LogP contribution in [-0.2, 0) is 4.74 Å². The molecule has 1 amide bonds. The van der Waals surface area contributed by atoms with Crippen molar-refractivity contribution in [3.63, 3.8) is 0 Å². The summed E-state index contributed by atoms with van der Waals surface area (Å²) in [6.07, 6.45) is 0. The Morgan fingerprint density at radius 2 is 2.03 bits per heavy atom. The summed E-state index contributed by atoms with van der Waals surface area (Å²) in [6, 6.07) is 7.99. The van der Waals surface area contributed by atoms with Crippen molar-refractivity contribution in [2.75, 3.05) is 44.3 Å². The van der Waals surface area contributed by atoms with Crippen LogP contribution >= 0.6 is 22.9 Å². The molecule has 2 heterocycles. The highest BCUT2D eigenvalue weighted by atomic mass is 35.5. The van der Waals surface area contributed by atoms with Crippen molar-refractivity contribution >= 4 is 49.9 Å². The van der Waals surface area contributed by atoms with Crippen molar-refractivity contribution in [1.82, 2.24) is 9.88 Å². The predicted molar refractivity (Wildman–Crippen MR) is 126 cm³/mol. The van der Waals surface area contributed by atoms with E-state index in [2.05, 4.69) is 11.0 Å². The van der Waals surface area contributed by atoms with Gasteiger partial charge in [0.15, 0.2) is 5.13 Å². The molecule has 8 nitrogen and oxygen atoms in total. The summed E-state index contributed by atoms with van der Waals surface area (Å²) in [5.41, 5.74) is 2.94. The first-order valence-electron chi connectivity index (χ1n) is 10.3. The van der Waals surface area contributed by atoms with Gasteiger partial charge in [0.2, 0.25) is 0 Å². The molecular weight excluding hydrogens is 452 g/mol. The van der Waals surface area contributed by atoms with Gasteiger partial charge in [-0.2, -0.15) is 0 Å². The first-order valence-corrected chi connectivity index (χ1v) is 11.5. The van der Waals surface area contributed by atoms with Gasteiger partial charge in [0.25, 0.3) is 11.6 Å². The first kappa shape index (κ1) is 22.6. The number of ether oxygens (including phenoxy) is 1. The largest absolute Gasteiger partial charge is 0.379 e. The molecule has 3 aromatic rings. The smallest absolute Gasteiger partial charge is 0.270 e. The normalized spacial score (nSPS) is 14.6. The molecule has 0 bridgehead atoms. The van der Waals surface area contributed by atoms with E-state index in [0.717, 1.165) is 34.4 Å². The second-order valence-electron chi connectivity index (χ2n) is 7.76. The fraction of sp³-hybridized carbons (Fsp3) is 0.364. The Morgan fingerprint density at radius 3 is 2.75 bits per heavy atom. The number of non-ortho nitro benzene ring substituents is 1. The van der Waals surface area contributed by atoms with Crippen LogP contribution in [0.1, 0.15) is 21.5 Å². The topological polar surface area (TPSA) is 88.8 Å². The van der Waals surface area contributed by atoms with E-state index in [1.807, 2.05) is 19.9 Å². The zero-order valence-electron chi connectivity index (χ0n) is 17.8. The highest BCUT2D eigenvalue weighted by Crippen LogP contribution is 2.34. The number of benzene rings is 2. The van der Waals surface area contributed by atoms with Crippen LogP contribution in [0.25, 0.3) is 10.2 Å². The molecular formula is C22H23ClN4O4S. The summed E-state index contributed by atoms with van der Waals surface area (Å²) in [6.45, 7) is 7.94. The number of carbonyl (C=O) groups is 1. The maximum Gasteiger partial charge on any atom is 0.270 e. The Morgan fingerprint density at radius 1 is 1.28 bits per heavy atom. The van der Waals surface area contributed by atoms with E-state index < -0.39 is 10.8 Å². The number of carbonyl (C=O) groups excluding carboxylic acids is 1. The minimum absolute atomic E-state index is 0.0926. The Balaban J connectivity index is 1.72. The second kappa shape index (κ2) is 9.50. The molecule has 4 rings (SSSR count). The van der Waals surface area contributed by atoms with Crippen LogP contribution in [0, 0.1) is 24.0 Å². The van der Waals surface area contributed by atoms with Gasteiger partial charge in [-0.1, -0.05) is 29.0 Å². The lowest BCUT2D eigenvalue weighted by Crippen LogP contribution is -2.43. The highest BCUT2D eigenvalue weighted by molar-refractivity contribution is 7.22. The molecule has 10 heteroatoms. The maximum atomic E-state index is 13.6. The number of nitrogens with zero attached hydrogens (tertiary/aromatic N) is 4. The van der Waals surface area contributed by atoms with Crippen LogP contribution < -0.4 is 4.90 Å². The number of nitro groups is 1. The Bertz CT molecular complexity index is 1180. The average molecular weight is 475 g/mol. The van der Waals surface area contributed by atoms with Crippen molar-refractivity contribution < 1.29 is 14.5 Å². The third kappa shape index (κ3) is 4.75. The minimum atomic E-state index is -0.533. The van der Waals surface area contributed by atoms with Gasteiger partial charge >= 0.3 is 0 Å². The number of morpholine rings is 1. The third-order valence-corrected chi connectivity index (χ3v) is 6.98. The molecule has 0 spiro atoms. The lowest BCUT2D eigenvalue weighted by Gasteiger charge is -2.29. The number of hydrogen-bond donors (Lipinski definition) is 0. The van der Waals surface area contributed by atoms with Crippen LogP contribution in [0.4, 0.5) is 10.8 Å². The third-order valence-electron chi connectivity index (χ3n) is 5.42. The predicted octanol–water partition coefficient (Wildman–Crippen LogP) is 4.45. The van der Waals surface area contributed by atoms with Crippen molar-refractivity contribution in [2.45, 2.75) is 13.8 Å². The molecule has 0 radical (unpaired) electrons. The molecule has 168 valence electrons. The molecule has 1 saturated heterocycles. The summed E-state index contributed by atoms with van der Waals surface area (Å²) < 4.78 is 6.42. The van der Waals surface area contributed by atoms with Crippen molar-refractivity contribution in [3.05, 3.63) is 62.2 Å². The Kier molecular flexibility index (Phi) is 6.71. The summed E-state index contributed by atoms with van der Waals surface area (Å²) in [5, 5.41) is 12.0. The maximum absolute atomic E-state index is 13.6.